The van der Waals surface area contributed by atoms with Gasteiger partial charge in [-0.1, -0.05) is 13.0 Å². The lowest BCUT2D eigenvalue weighted by atomic mass is 9.90. The van der Waals surface area contributed by atoms with Crippen LogP contribution in [0.4, 0.5) is 0 Å². The monoisotopic (exact) mass is 200 g/mol. The van der Waals surface area contributed by atoms with E-state index in [1.165, 1.54) is 0 Å². The number of hydrogen-bond acceptors (Lipinski definition) is 3. The highest BCUT2D eigenvalue weighted by molar-refractivity contribution is 4.99. The summed E-state index contributed by atoms with van der Waals surface area (Å²) in [4.78, 5) is 0. The molecule has 0 aromatic rings. The van der Waals surface area contributed by atoms with E-state index in [-0.39, 0.29) is 12.7 Å². The summed E-state index contributed by atoms with van der Waals surface area (Å²) < 4.78 is 11.5. The molecule has 0 unspecified atom stereocenters. The first-order chi connectivity index (χ1) is 6.49. The van der Waals surface area contributed by atoms with Gasteiger partial charge in [0.1, 0.15) is 11.7 Å². The third-order valence-corrected chi connectivity index (χ3v) is 2.72. The molecule has 0 radical (unpaired) electrons. The van der Waals surface area contributed by atoms with Crippen LogP contribution in [0.15, 0.2) is 12.7 Å². The second-order valence-electron chi connectivity index (χ2n) is 4.20. The van der Waals surface area contributed by atoms with Gasteiger partial charge in [-0.2, -0.15) is 0 Å². The van der Waals surface area contributed by atoms with Crippen LogP contribution in [0.5, 0.6) is 0 Å². The smallest absolute Gasteiger partial charge is 0.164 e. The maximum absolute atomic E-state index is 9.25. The number of aliphatic hydroxyl groups is 1. The molecule has 0 aromatic heterocycles. The Morgan fingerprint density at radius 3 is 2.57 bits per heavy atom. The Balaban J connectivity index is 2.87. The molecule has 1 fully saturated rings. The first-order valence-electron chi connectivity index (χ1n) is 5.09. The Kier molecular flexibility index (Phi) is 3.35. The Hall–Kier alpha value is -0.380. The van der Waals surface area contributed by atoms with Gasteiger partial charge < -0.3 is 14.6 Å². The minimum atomic E-state index is -0.605. The van der Waals surface area contributed by atoms with E-state index in [1.54, 1.807) is 0 Å². The molecule has 1 heterocycles. The van der Waals surface area contributed by atoms with E-state index in [4.69, 9.17) is 9.47 Å². The molecule has 82 valence electrons. The van der Waals surface area contributed by atoms with E-state index in [9.17, 15) is 5.11 Å². The van der Waals surface area contributed by atoms with Gasteiger partial charge in [-0.05, 0) is 26.7 Å². The Bertz CT molecular complexity index is 213. The molecule has 1 rings (SSSR count). The molecular formula is C11H20O3. The summed E-state index contributed by atoms with van der Waals surface area (Å²) in [5.74, 6) is -0.605. The summed E-state index contributed by atoms with van der Waals surface area (Å²) in [5.41, 5.74) is -0.403. The maximum atomic E-state index is 9.25. The average molecular weight is 200 g/mol. The normalized spacial score (nSPS) is 35.9. The molecule has 1 saturated heterocycles. The van der Waals surface area contributed by atoms with Gasteiger partial charge in [0.15, 0.2) is 5.79 Å². The van der Waals surface area contributed by atoms with Crippen molar-refractivity contribution in [2.75, 3.05) is 6.61 Å². The molecule has 0 aromatic carbocycles. The van der Waals surface area contributed by atoms with Crippen LogP contribution in [0.25, 0.3) is 0 Å². The fourth-order valence-corrected chi connectivity index (χ4v) is 2.09. The number of hydrogen-bond donors (Lipinski definition) is 1. The van der Waals surface area contributed by atoms with Gasteiger partial charge in [0.25, 0.3) is 0 Å². The van der Waals surface area contributed by atoms with Crippen molar-refractivity contribution in [2.24, 2.45) is 0 Å². The molecule has 3 nitrogen and oxygen atoms in total. The molecule has 1 N–H and O–H groups in total. The van der Waals surface area contributed by atoms with E-state index in [0.717, 1.165) is 6.42 Å². The standard InChI is InChI=1S/C11H20O3/c1-5-7-11(6-2)9(8-12)13-10(3,4)14-11/h5,9,12H,1,6-8H2,2-4H3/t9-,11+/m1/s1. The lowest BCUT2D eigenvalue weighted by Crippen LogP contribution is -2.41. The van der Waals surface area contributed by atoms with Crippen LogP contribution in [0.2, 0.25) is 0 Å². The topological polar surface area (TPSA) is 38.7 Å². The second kappa shape index (κ2) is 4.01. The van der Waals surface area contributed by atoms with E-state index >= 15 is 0 Å². The van der Waals surface area contributed by atoms with Crippen LogP contribution in [0.1, 0.15) is 33.6 Å². The molecule has 2 atom stereocenters. The van der Waals surface area contributed by atoms with E-state index in [2.05, 4.69) is 6.58 Å². The number of aliphatic hydroxyl groups excluding tert-OH is 1. The zero-order valence-corrected chi connectivity index (χ0v) is 9.25. The van der Waals surface area contributed by atoms with Crippen molar-refractivity contribution in [3.05, 3.63) is 12.7 Å². The van der Waals surface area contributed by atoms with Crippen molar-refractivity contribution in [1.82, 2.24) is 0 Å². The van der Waals surface area contributed by atoms with E-state index in [1.807, 2.05) is 26.8 Å². The van der Waals surface area contributed by atoms with Gasteiger partial charge >= 0.3 is 0 Å². The number of rotatable bonds is 4. The van der Waals surface area contributed by atoms with Crippen molar-refractivity contribution in [3.8, 4) is 0 Å². The summed E-state index contributed by atoms with van der Waals surface area (Å²) in [6.45, 7) is 9.49. The van der Waals surface area contributed by atoms with Crippen molar-refractivity contribution in [1.29, 1.82) is 0 Å². The van der Waals surface area contributed by atoms with Crippen molar-refractivity contribution < 1.29 is 14.6 Å². The molecule has 0 aliphatic carbocycles. The average Bonchev–Trinajstić information content (AvgIpc) is 2.38. The highest BCUT2D eigenvalue weighted by atomic mass is 16.8. The van der Waals surface area contributed by atoms with Crippen molar-refractivity contribution >= 4 is 0 Å². The predicted molar refractivity (Wildman–Crippen MR) is 55.0 cm³/mol. The van der Waals surface area contributed by atoms with Crippen LogP contribution >= 0.6 is 0 Å². The van der Waals surface area contributed by atoms with Crippen molar-refractivity contribution in [2.45, 2.75) is 51.1 Å². The molecular weight excluding hydrogens is 180 g/mol. The van der Waals surface area contributed by atoms with Crippen LogP contribution < -0.4 is 0 Å². The quantitative estimate of drug-likeness (QED) is 0.704. The predicted octanol–water partition coefficient (Wildman–Crippen LogP) is 1.86. The summed E-state index contributed by atoms with van der Waals surface area (Å²) in [5, 5.41) is 9.25. The van der Waals surface area contributed by atoms with Crippen LogP contribution in [0, 0.1) is 0 Å². The molecule has 14 heavy (non-hydrogen) atoms. The fraction of sp³-hybridized carbons (Fsp3) is 0.818. The highest BCUT2D eigenvalue weighted by Crippen LogP contribution is 2.40. The van der Waals surface area contributed by atoms with E-state index in [0.29, 0.717) is 6.42 Å². The molecule has 0 amide bonds. The van der Waals surface area contributed by atoms with Gasteiger partial charge in [0.05, 0.1) is 6.61 Å². The Labute approximate surface area is 85.7 Å². The zero-order chi connectivity index (χ0) is 10.8. The maximum Gasteiger partial charge on any atom is 0.164 e. The van der Waals surface area contributed by atoms with Gasteiger partial charge in [0.2, 0.25) is 0 Å². The molecule has 1 aliphatic rings. The van der Waals surface area contributed by atoms with Crippen LogP contribution in [-0.4, -0.2) is 29.2 Å². The minimum absolute atomic E-state index is 0.00882. The third kappa shape index (κ3) is 2.00. The third-order valence-electron chi connectivity index (χ3n) is 2.72. The lowest BCUT2D eigenvalue weighted by molar-refractivity contribution is -0.164. The highest BCUT2D eigenvalue weighted by Gasteiger charge is 2.50. The second-order valence-corrected chi connectivity index (χ2v) is 4.20. The first-order valence-corrected chi connectivity index (χ1v) is 5.09. The molecule has 3 heteroatoms. The molecule has 0 bridgehead atoms. The fourth-order valence-electron chi connectivity index (χ4n) is 2.09. The largest absolute Gasteiger partial charge is 0.394 e. The zero-order valence-electron chi connectivity index (χ0n) is 9.25. The van der Waals surface area contributed by atoms with Crippen LogP contribution in [-0.2, 0) is 9.47 Å². The Morgan fingerprint density at radius 2 is 2.14 bits per heavy atom. The summed E-state index contributed by atoms with van der Waals surface area (Å²) in [7, 11) is 0. The molecule has 1 aliphatic heterocycles. The van der Waals surface area contributed by atoms with Gasteiger partial charge in [0, 0.05) is 0 Å². The lowest BCUT2D eigenvalue weighted by Gasteiger charge is -2.30. The number of ether oxygens (including phenoxy) is 2. The van der Waals surface area contributed by atoms with Gasteiger partial charge in [-0.15, -0.1) is 6.58 Å². The summed E-state index contributed by atoms with van der Waals surface area (Å²) >= 11 is 0. The summed E-state index contributed by atoms with van der Waals surface area (Å²) in [6, 6.07) is 0. The van der Waals surface area contributed by atoms with E-state index < -0.39 is 11.4 Å². The van der Waals surface area contributed by atoms with Crippen LogP contribution in [0.3, 0.4) is 0 Å². The minimum Gasteiger partial charge on any atom is -0.394 e. The van der Waals surface area contributed by atoms with Gasteiger partial charge in [-0.25, -0.2) is 0 Å². The SMILES string of the molecule is C=CC[C@]1(CC)OC(C)(C)O[C@@H]1CO. The molecule has 0 spiro atoms. The Morgan fingerprint density at radius 1 is 1.50 bits per heavy atom. The first kappa shape index (κ1) is 11.7. The summed E-state index contributed by atoms with van der Waals surface area (Å²) in [6.07, 6.45) is 3.09. The van der Waals surface area contributed by atoms with Gasteiger partial charge in [-0.3, -0.25) is 0 Å². The van der Waals surface area contributed by atoms with Crippen molar-refractivity contribution in [3.63, 3.8) is 0 Å². The molecule has 0 saturated carbocycles.